The van der Waals surface area contributed by atoms with Gasteiger partial charge < -0.3 is 10.5 Å². The van der Waals surface area contributed by atoms with Gasteiger partial charge in [0.15, 0.2) is 0 Å². The van der Waals surface area contributed by atoms with E-state index >= 15 is 0 Å². The van der Waals surface area contributed by atoms with E-state index in [2.05, 4.69) is 33.8 Å². The van der Waals surface area contributed by atoms with Crippen molar-refractivity contribution in [3.8, 4) is 5.75 Å². The summed E-state index contributed by atoms with van der Waals surface area (Å²) in [6.45, 7) is 11.3. The van der Waals surface area contributed by atoms with Gasteiger partial charge in [-0.1, -0.05) is 13.0 Å². The lowest BCUT2D eigenvalue weighted by Gasteiger charge is -2.18. The van der Waals surface area contributed by atoms with E-state index in [0.29, 0.717) is 0 Å². The molecule has 1 aromatic carbocycles. The Bertz CT molecular complexity index is 385. The van der Waals surface area contributed by atoms with Crippen LogP contribution in [0.3, 0.4) is 0 Å². The number of hydrogen-bond acceptors (Lipinski definition) is 2. The summed E-state index contributed by atoms with van der Waals surface area (Å²) >= 11 is 0. The largest absolute Gasteiger partial charge is 0.493 e. The fourth-order valence-corrected chi connectivity index (χ4v) is 2.15. The van der Waals surface area contributed by atoms with E-state index in [1.165, 1.54) is 22.3 Å². The highest BCUT2D eigenvalue weighted by Gasteiger charge is 2.12. The minimum Gasteiger partial charge on any atom is -0.493 e. The predicted molar refractivity (Wildman–Crippen MR) is 73.8 cm³/mol. The molecule has 0 saturated heterocycles. The van der Waals surface area contributed by atoms with E-state index in [4.69, 9.17) is 10.5 Å². The van der Waals surface area contributed by atoms with Crippen molar-refractivity contribution >= 4 is 0 Å². The second kappa shape index (κ2) is 6.06. The zero-order chi connectivity index (χ0) is 13.0. The zero-order valence-corrected chi connectivity index (χ0v) is 11.8. The maximum atomic E-state index is 6.04. The van der Waals surface area contributed by atoms with E-state index in [-0.39, 0.29) is 6.04 Å². The van der Waals surface area contributed by atoms with Crippen LogP contribution in [0.2, 0.25) is 0 Å². The summed E-state index contributed by atoms with van der Waals surface area (Å²) in [6.07, 6.45) is 1.97. The van der Waals surface area contributed by atoms with Crippen LogP contribution < -0.4 is 10.5 Å². The molecule has 2 N–H and O–H groups in total. The minimum atomic E-state index is 0.255. The van der Waals surface area contributed by atoms with Gasteiger partial charge in [-0.05, 0) is 62.8 Å². The van der Waals surface area contributed by atoms with E-state index in [0.717, 1.165) is 25.2 Å². The molecule has 0 heterocycles. The normalized spacial score (nSPS) is 12.6. The lowest BCUT2D eigenvalue weighted by Crippen LogP contribution is -2.22. The molecule has 1 unspecified atom stereocenters. The van der Waals surface area contributed by atoms with Crippen LogP contribution >= 0.6 is 0 Å². The van der Waals surface area contributed by atoms with Crippen LogP contribution in [-0.4, -0.2) is 12.6 Å². The number of benzene rings is 1. The molecule has 1 rings (SSSR count). The first-order valence-electron chi connectivity index (χ1n) is 6.49. The van der Waals surface area contributed by atoms with Gasteiger partial charge >= 0.3 is 0 Å². The summed E-state index contributed by atoms with van der Waals surface area (Å²) in [5, 5.41) is 0. The third-order valence-corrected chi connectivity index (χ3v) is 3.43. The van der Waals surface area contributed by atoms with Gasteiger partial charge in [-0.3, -0.25) is 0 Å². The molecule has 0 radical (unpaired) electrons. The van der Waals surface area contributed by atoms with Gasteiger partial charge in [-0.25, -0.2) is 0 Å². The van der Waals surface area contributed by atoms with Gasteiger partial charge in [0.2, 0.25) is 0 Å². The SMILES string of the molecule is CCOc1c(C)cc(CC(N)CC)c(C)c1C. The molecular formula is C15H25NO. The fourth-order valence-electron chi connectivity index (χ4n) is 2.15. The minimum absolute atomic E-state index is 0.255. The first kappa shape index (κ1) is 14.0. The van der Waals surface area contributed by atoms with Gasteiger partial charge in [-0.15, -0.1) is 0 Å². The Labute approximate surface area is 105 Å². The first-order chi connectivity index (χ1) is 8.01. The summed E-state index contributed by atoms with van der Waals surface area (Å²) < 4.78 is 5.70. The number of rotatable bonds is 5. The van der Waals surface area contributed by atoms with E-state index in [9.17, 15) is 0 Å². The fraction of sp³-hybridized carbons (Fsp3) is 0.600. The molecule has 0 bridgehead atoms. The van der Waals surface area contributed by atoms with Gasteiger partial charge in [-0.2, -0.15) is 0 Å². The zero-order valence-electron chi connectivity index (χ0n) is 11.8. The Morgan fingerprint density at radius 3 is 2.35 bits per heavy atom. The Hall–Kier alpha value is -1.02. The van der Waals surface area contributed by atoms with Gasteiger partial charge in [0.1, 0.15) is 5.75 Å². The van der Waals surface area contributed by atoms with Gasteiger partial charge in [0, 0.05) is 6.04 Å². The predicted octanol–water partition coefficient (Wildman–Crippen LogP) is 3.29. The van der Waals surface area contributed by atoms with Crippen molar-refractivity contribution in [2.24, 2.45) is 5.73 Å². The highest BCUT2D eigenvalue weighted by Crippen LogP contribution is 2.29. The van der Waals surface area contributed by atoms with Crippen LogP contribution in [-0.2, 0) is 6.42 Å². The average Bonchev–Trinajstić information content (AvgIpc) is 2.31. The Kier molecular flexibility index (Phi) is 5.01. The third-order valence-electron chi connectivity index (χ3n) is 3.43. The molecule has 96 valence electrons. The molecule has 0 aromatic heterocycles. The van der Waals surface area contributed by atoms with Crippen molar-refractivity contribution in [2.45, 2.75) is 53.5 Å². The summed E-state index contributed by atoms with van der Waals surface area (Å²) in [6, 6.07) is 2.48. The highest BCUT2D eigenvalue weighted by molar-refractivity contribution is 5.49. The van der Waals surface area contributed by atoms with Crippen LogP contribution in [0.1, 0.15) is 42.5 Å². The van der Waals surface area contributed by atoms with E-state index in [1.807, 2.05) is 6.92 Å². The lowest BCUT2D eigenvalue weighted by molar-refractivity contribution is 0.335. The van der Waals surface area contributed by atoms with Gasteiger partial charge in [0.25, 0.3) is 0 Å². The molecule has 0 aliphatic rings. The van der Waals surface area contributed by atoms with Crippen LogP contribution in [0, 0.1) is 20.8 Å². The molecule has 1 aromatic rings. The molecule has 2 heteroatoms. The third kappa shape index (κ3) is 3.22. The second-order valence-electron chi connectivity index (χ2n) is 4.74. The Morgan fingerprint density at radius 1 is 1.18 bits per heavy atom. The van der Waals surface area contributed by atoms with Crippen molar-refractivity contribution in [1.82, 2.24) is 0 Å². The molecule has 0 fully saturated rings. The van der Waals surface area contributed by atoms with Crippen molar-refractivity contribution in [1.29, 1.82) is 0 Å². The Morgan fingerprint density at radius 2 is 1.82 bits per heavy atom. The number of nitrogens with two attached hydrogens (primary N) is 1. The van der Waals surface area contributed by atoms with Crippen molar-refractivity contribution in [3.05, 3.63) is 28.3 Å². The molecule has 0 aliphatic carbocycles. The van der Waals surface area contributed by atoms with Crippen LogP contribution in [0.15, 0.2) is 6.07 Å². The highest BCUT2D eigenvalue weighted by atomic mass is 16.5. The molecule has 2 nitrogen and oxygen atoms in total. The summed E-state index contributed by atoms with van der Waals surface area (Å²) in [5.74, 6) is 1.04. The molecule has 1 atom stereocenters. The first-order valence-corrected chi connectivity index (χ1v) is 6.49. The van der Waals surface area contributed by atoms with Crippen LogP contribution in [0.25, 0.3) is 0 Å². The standard InChI is InChI=1S/C15H25NO/c1-6-14(16)9-13-8-10(3)15(17-7-2)12(5)11(13)4/h8,14H,6-7,9,16H2,1-5H3. The second-order valence-corrected chi connectivity index (χ2v) is 4.74. The van der Waals surface area contributed by atoms with Crippen molar-refractivity contribution in [2.75, 3.05) is 6.61 Å². The number of ether oxygens (including phenoxy) is 1. The molecule has 17 heavy (non-hydrogen) atoms. The molecule has 0 saturated carbocycles. The molecule has 0 aliphatic heterocycles. The molecule has 0 spiro atoms. The van der Waals surface area contributed by atoms with Crippen molar-refractivity contribution in [3.63, 3.8) is 0 Å². The molecular weight excluding hydrogens is 210 g/mol. The number of hydrogen-bond donors (Lipinski definition) is 1. The quantitative estimate of drug-likeness (QED) is 0.850. The maximum absolute atomic E-state index is 6.04. The molecule has 0 amide bonds. The van der Waals surface area contributed by atoms with Gasteiger partial charge in [0.05, 0.1) is 6.61 Å². The number of aryl methyl sites for hydroxylation is 1. The van der Waals surface area contributed by atoms with Crippen LogP contribution in [0.5, 0.6) is 5.75 Å². The topological polar surface area (TPSA) is 35.2 Å². The average molecular weight is 235 g/mol. The van der Waals surface area contributed by atoms with E-state index < -0.39 is 0 Å². The van der Waals surface area contributed by atoms with Crippen LogP contribution in [0.4, 0.5) is 0 Å². The summed E-state index contributed by atoms with van der Waals surface area (Å²) in [7, 11) is 0. The smallest absolute Gasteiger partial charge is 0.125 e. The summed E-state index contributed by atoms with van der Waals surface area (Å²) in [5.41, 5.74) is 11.2. The summed E-state index contributed by atoms with van der Waals surface area (Å²) in [4.78, 5) is 0. The lowest BCUT2D eigenvalue weighted by atomic mass is 9.94. The monoisotopic (exact) mass is 235 g/mol. The Balaban J connectivity index is 3.10. The van der Waals surface area contributed by atoms with E-state index in [1.54, 1.807) is 0 Å². The van der Waals surface area contributed by atoms with Crippen molar-refractivity contribution < 1.29 is 4.74 Å². The maximum Gasteiger partial charge on any atom is 0.125 e.